The Morgan fingerprint density at radius 2 is 1.86 bits per heavy atom. The quantitative estimate of drug-likeness (QED) is 0.911. The molecule has 1 fully saturated rings. The Kier molecular flexibility index (Phi) is 4.20. The van der Waals surface area contributed by atoms with Gasteiger partial charge in [0, 0.05) is 18.7 Å². The van der Waals surface area contributed by atoms with Crippen molar-refractivity contribution in [2.45, 2.75) is 32.0 Å². The van der Waals surface area contributed by atoms with Gasteiger partial charge in [-0.1, -0.05) is 6.92 Å². The van der Waals surface area contributed by atoms with Gasteiger partial charge < -0.3 is 10.2 Å². The van der Waals surface area contributed by atoms with Crippen LogP contribution in [0, 0.1) is 0 Å². The number of hydrogen-bond acceptors (Lipinski definition) is 2. The van der Waals surface area contributed by atoms with Crippen molar-refractivity contribution >= 4 is 17.5 Å². The van der Waals surface area contributed by atoms with E-state index in [1.54, 1.807) is 6.92 Å². The van der Waals surface area contributed by atoms with Crippen molar-refractivity contribution in [2.75, 3.05) is 11.4 Å². The standard InChI is InChI=1S/C14H15F3N2O2/c1-2-11-13(21)19(8-7-12(20)18-11)10-5-3-9(4-6-10)14(15,16)17/h3-6,11H,2,7-8H2,1H3,(H,18,20). The first-order chi connectivity index (χ1) is 9.82. The van der Waals surface area contributed by atoms with Crippen molar-refractivity contribution < 1.29 is 22.8 Å². The summed E-state index contributed by atoms with van der Waals surface area (Å²) in [4.78, 5) is 25.2. The number of rotatable bonds is 2. The van der Waals surface area contributed by atoms with Crippen molar-refractivity contribution in [1.29, 1.82) is 0 Å². The number of halogens is 3. The molecule has 0 saturated carbocycles. The average Bonchev–Trinajstić information content (AvgIpc) is 2.57. The molecule has 0 aromatic heterocycles. The van der Waals surface area contributed by atoms with Crippen LogP contribution >= 0.6 is 0 Å². The molecule has 2 amide bonds. The highest BCUT2D eigenvalue weighted by molar-refractivity contribution is 6.01. The largest absolute Gasteiger partial charge is 0.416 e. The number of nitrogens with zero attached hydrogens (tertiary/aromatic N) is 1. The molecule has 4 nitrogen and oxygen atoms in total. The molecule has 1 saturated heterocycles. The molecule has 21 heavy (non-hydrogen) atoms. The van der Waals surface area contributed by atoms with Gasteiger partial charge in [0.15, 0.2) is 0 Å². The lowest BCUT2D eigenvalue weighted by Gasteiger charge is -2.23. The summed E-state index contributed by atoms with van der Waals surface area (Å²) in [6.45, 7) is 1.92. The van der Waals surface area contributed by atoms with Gasteiger partial charge in [0.1, 0.15) is 6.04 Å². The zero-order chi connectivity index (χ0) is 15.6. The summed E-state index contributed by atoms with van der Waals surface area (Å²) in [7, 11) is 0. The Labute approximate surface area is 119 Å². The number of anilines is 1. The molecular formula is C14H15F3N2O2. The molecule has 1 atom stereocenters. The van der Waals surface area contributed by atoms with Gasteiger partial charge in [-0.3, -0.25) is 9.59 Å². The Balaban J connectivity index is 2.27. The number of alkyl halides is 3. The van der Waals surface area contributed by atoms with Crippen LogP contribution in [-0.2, 0) is 15.8 Å². The average molecular weight is 300 g/mol. The number of hydrogen-bond donors (Lipinski definition) is 1. The Hall–Kier alpha value is -2.05. The molecule has 1 aromatic carbocycles. The predicted octanol–water partition coefficient (Wildman–Crippen LogP) is 2.34. The molecule has 0 radical (unpaired) electrons. The highest BCUT2D eigenvalue weighted by Gasteiger charge is 2.32. The number of carbonyl (C=O) groups excluding carboxylic acids is 2. The lowest BCUT2D eigenvalue weighted by atomic mass is 10.1. The van der Waals surface area contributed by atoms with Gasteiger partial charge in [0.05, 0.1) is 5.56 Å². The topological polar surface area (TPSA) is 49.4 Å². The molecule has 0 bridgehead atoms. The highest BCUT2D eigenvalue weighted by Crippen LogP contribution is 2.30. The van der Waals surface area contributed by atoms with Crippen molar-refractivity contribution in [1.82, 2.24) is 5.32 Å². The van der Waals surface area contributed by atoms with Crippen LogP contribution in [0.1, 0.15) is 25.3 Å². The van der Waals surface area contributed by atoms with E-state index >= 15 is 0 Å². The summed E-state index contributed by atoms with van der Waals surface area (Å²) < 4.78 is 37.6. The van der Waals surface area contributed by atoms with Gasteiger partial charge in [-0.25, -0.2) is 0 Å². The van der Waals surface area contributed by atoms with Crippen molar-refractivity contribution in [3.63, 3.8) is 0 Å². The van der Waals surface area contributed by atoms with E-state index in [2.05, 4.69) is 5.32 Å². The SMILES string of the molecule is CCC1NC(=O)CCN(c2ccc(C(F)(F)F)cc2)C1=O. The Morgan fingerprint density at radius 3 is 2.38 bits per heavy atom. The van der Waals surface area contributed by atoms with Crippen molar-refractivity contribution in [3.8, 4) is 0 Å². The monoisotopic (exact) mass is 300 g/mol. The summed E-state index contributed by atoms with van der Waals surface area (Å²) in [6.07, 6.45) is -3.85. The minimum Gasteiger partial charge on any atom is -0.344 e. The predicted molar refractivity (Wildman–Crippen MR) is 70.6 cm³/mol. The summed E-state index contributed by atoms with van der Waals surface area (Å²) >= 11 is 0. The van der Waals surface area contributed by atoms with E-state index in [0.29, 0.717) is 12.1 Å². The molecule has 7 heteroatoms. The second-order valence-electron chi connectivity index (χ2n) is 4.81. The smallest absolute Gasteiger partial charge is 0.344 e. The van der Waals surface area contributed by atoms with Crippen LogP contribution in [0.2, 0.25) is 0 Å². The third-order valence-corrected chi connectivity index (χ3v) is 3.38. The van der Waals surface area contributed by atoms with Gasteiger partial charge in [-0.15, -0.1) is 0 Å². The lowest BCUT2D eigenvalue weighted by Crippen LogP contribution is -2.44. The molecule has 1 aliphatic rings. The van der Waals surface area contributed by atoms with Gasteiger partial charge in [0.25, 0.3) is 0 Å². The Morgan fingerprint density at radius 1 is 1.24 bits per heavy atom. The first kappa shape index (κ1) is 15.3. The van der Waals surface area contributed by atoms with Crippen LogP contribution in [0.3, 0.4) is 0 Å². The number of amides is 2. The van der Waals surface area contributed by atoms with Crippen LogP contribution in [0.25, 0.3) is 0 Å². The molecule has 1 N–H and O–H groups in total. The van der Waals surface area contributed by atoms with E-state index in [1.165, 1.54) is 17.0 Å². The van der Waals surface area contributed by atoms with Gasteiger partial charge in [0.2, 0.25) is 11.8 Å². The van der Waals surface area contributed by atoms with Crippen LogP contribution in [0.15, 0.2) is 24.3 Å². The van der Waals surface area contributed by atoms with Crippen molar-refractivity contribution in [2.24, 2.45) is 0 Å². The second-order valence-corrected chi connectivity index (χ2v) is 4.81. The Bertz CT molecular complexity index is 540. The fourth-order valence-corrected chi connectivity index (χ4v) is 2.20. The second kappa shape index (κ2) is 5.75. The van der Waals surface area contributed by atoms with Gasteiger partial charge >= 0.3 is 6.18 Å². The summed E-state index contributed by atoms with van der Waals surface area (Å²) in [5.41, 5.74) is -0.405. The van der Waals surface area contributed by atoms with E-state index in [-0.39, 0.29) is 24.8 Å². The van der Waals surface area contributed by atoms with Gasteiger partial charge in [-0.2, -0.15) is 13.2 Å². The fraction of sp³-hybridized carbons (Fsp3) is 0.429. The van der Waals surface area contributed by atoms with E-state index in [4.69, 9.17) is 0 Å². The first-order valence-electron chi connectivity index (χ1n) is 6.61. The zero-order valence-electron chi connectivity index (χ0n) is 11.4. The molecule has 0 aliphatic carbocycles. The molecule has 0 spiro atoms. The highest BCUT2D eigenvalue weighted by atomic mass is 19.4. The fourth-order valence-electron chi connectivity index (χ4n) is 2.20. The van der Waals surface area contributed by atoms with Crippen LogP contribution in [0.5, 0.6) is 0 Å². The normalized spacial score (nSPS) is 20.2. The lowest BCUT2D eigenvalue weighted by molar-refractivity contribution is -0.137. The van der Waals surface area contributed by atoms with Gasteiger partial charge in [-0.05, 0) is 30.7 Å². The van der Waals surface area contributed by atoms with Crippen LogP contribution in [0.4, 0.5) is 18.9 Å². The molecule has 1 aromatic rings. The van der Waals surface area contributed by atoms with Crippen molar-refractivity contribution in [3.05, 3.63) is 29.8 Å². The third-order valence-electron chi connectivity index (χ3n) is 3.38. The molecule has 2 rings (SSSR count). The van der Waals surface area contributed by atoms with Crippen LogP contribution in [-0.4, -0.2) is 24.4 Å². The minimum absolute atomic E-state index is 0.128. The van der Waals surface area contributed by atoms with E-state index < -0.39 is 17.8 Å². The van der Waals surface area contributed by atoms with Crippen LogP contribution < -0.4 is 10.2 Å². The molecule has 1 unspecified atom stereocenters. The third kappa shape index (κ3) is 3.34. The molecule has 114 valence electrons. The minimum atomic E-state index is -4.41. The molecule has 1 aliphatic heterocycles. The van der Waals surface area contributed by atoms with E-state index in [1.807, 2.05) is 0 Å². The summed E-state index contributed by atoms with van der Waals surface area (Å²) in [5.74, 6) is -0.535. The van der Waals surface area contributed by atoms with E-state index in [9.17, 15) is 22.8 Å². The maximum absolute atomic E-state index is 12.5. The van der Waals surface area contributed by atoms with E-state index in [0.717, 1.165) is 12.1 Å². The number of carbonyl (C=O) groups is 2. The maximum atomic E-state index is 12.5. The maximum Gasteiger partial charge on any atom is 0.416 e. The molecular weight excluding hydrogens is 285 g/mol. The first-order valence-corrected chi connectivity index (χ1v) is 6.61. The molecule has 1 heterocycles. The zero-order valence-corrected chi connectivity index (χ0v) is 11.4. The summed E-state index contributed by atoms with van der Waals surface area (Å²) in [5, 5.41) is 2.60. The summed E-state index contributed by atoms with van der Waals surface area (Å²) in [6, 6.07) is 3.74. The number of benzene rings is 1. The number of nitrogens with one attached hydrogen (secondary N) is 1.